The first-order chi connectivity index (χ1) is 18.0. The van der Waals surface area contributed by atoms with E-state index in [1.807, 2.05) is 6.07 Å². The number of halogens is 1. The number of hydrogen-bond donors (Lipinski definition) is 2. The van der Waals surface area contributed by atoms with Crippen LogP contribution in [0, 0.1) is 5.41 Å². The number of carbonyl (C=O) groups is 1. The number of esters is 1. The molecule has 2 aromatic rings. The van der Waals surface area contributed by atoms with E-state index in [1.165, 1.54) is 6.07 Å². The van der Waals surface area contributed by atoms with Crippen LogP contribution >= 0.6 is 11.6 Å². The molecule has 2 atom stereocenters. The summed E-state index contributed by atoms with van der Waals surface area (Å²) >= 11 is 6.54. The molecule has 0 aromatic heterocycles. The van der Waals surface area contributed by atoms with Gasteiger partial charge in [-0.1, -0.05) is 42.0 Å². The highest BCUT2D eigenvalue weighted by Crippen LogP contribution is 2.33. The van der Waals surface area contributed by atoms with Gasteiger partial charge in [0, 0.05) is 18.2 Å². The average molecular weight is 563 g/mol. The number of rotatable bonds is 11. The molecule has 1 aliphatic heterocycles. The van der Waals surface area contributed by atoms with Crippen molar-refractivity contribution in [3.8, 4) is 5.75 Å². The van der Waals surface area contributed by atoms with Gasteiger partial charge in [0.1, 0.15) is 17.7 Å². The highest BCUT2D eigenvalue weighted by Gasteiger charge is 2.28. The van der Waals surface area contributed by atoms with Crippen molar-refractivity contribution < 1.29 is 22.7 Å². The Morgan fingerprint density at radius 2 is 2.05 bits per heavy atom. The van der Waals surface area contributed by atoms with E-state index in [2.05, 4.69) is 18.9 Å². The Hall–Kier alpha value is -3.08. The number of benzene rings is 2. The standard InChI is InChI=1S/C27H35ClN4O5S/c1-4-36-26(33)18-38(34,35)32(13-6-8-20-7-5-9-21(16-20)27(29)30)22-10-11-25(24(28)17-22)37-23-12-14-31(3)19(2)15-23/h5-11,16-17,19,23H,4,12-15,18H2,1-3H3,(H3,29,30). The largest absolute Gasteiger partial charge is 0.489 e. The van der Waals surface area contributed by atoms with Gasteiger partial charge in [-0.2, -0.15) is 0 Å². The number of nitrogens with two attached hydrogens (primary N) is 1. The van der Waals surface area contributed by atoms with Gasteiger partial charge in [0.05, 0.1) is 23.9 Å². The molecule has 1 saturated heterocycles. The Morgan fingerprint density at radius 1 is 1.29 bits per heavy atom. The molecule has 1 fully saturated rings. The second kappa shape index (κ2) is 13.1. The molecule has 3 N–H and O–H groups in total. The van der Waals surface area contributed by atoms with E-state index in [9.17, 15) is 13.2 Å². The fourth-order valence-electron chi connectivity index (χ4n) is 4.18. The third kappa shape index (κ3) is 7.96. The Bertz CT molecular complexity index is 1280. The first kappa shape index (κ1) is 29.5. The summed E-state index contributed by atoms with van der Waals surface area (Å²) in [6.45, 7) is 4.70. The maximum Gasteiger partial charge on any atom is 0.323 e. The van der Waals surface area contributed by atoms with Gasteiger partial charge in [-0.15, -0.1) is 0 Å². The minimum atomic E-state index is -4.09. The highest BCUT2D eigenvalue weighted by molar-refractivity contribution is 7.93. The maximum atomic E-state index is 13.2. The predicted octanol–water partition coefficient (Wildman–Crippen LogP) is 3.90. The molecule has 3 rings (SSSR count). The molecular formula is C27H35ClN4O5S. The second-order valence-electron chi connectivity index (χ2n) is 9.24. The van der Waals surface area contributed by atoms with E-state index in [0.717, 1.165) is 29.3 Å². The lowest BCUT2D eigenvalue weighted by atomic mass is 10.0. The van der Waals surface area contributed by atoms with Gasteiger partial charge >= 0.3 is 5.97 Å². The molecule has 0 spiro atoms. The van der Waals surface area contributed by atoms with Crippen molar-refractivity contribution in [2.75, 3.05) is 36.8 Å². The van der Waals surface area contributed by atoms with Crippen molar-refractivity contribution in [3.63, 3.8) is 0 Å². The van der Waals surface area contributed by atoms with Crippen LogP contribution in [0.4, 0.5) is 5.69 Å². The minimum absolute atomic E-state index is 0.0156. The van der Waals surface area contributed by atoms with Crippen LogP contribution in [0.15, 0.2) is 48.5 Å². The van der Waals surface area contributed by atoms with E-state index >= 15 is 0 Å². The third-order valence-corrected chi connectivity index (χ3v) is 8.31. The monoisotopic (exact) mass is 562 g/mol. The summed E-state index contributed by atoms with van der Waals surface area (Å²) in [5.74, 6) is -1.22. The summed E-state index contributed by atoms with van der Waals surface area (Å²) in [4.78, 5) is 14.3. The van der Waals surface area contributed by atoms with E-state index in [4.69, 9.17) is 32.2 Å². The fourth-order valence-corrected chi connectivity index (χ4v) is 5.68. The first-order valence-electron chi connectivity index (χ1n) is 12.4. The van der Waals surface area contributed by atoms with Gasteiger partial charge in [0.2, 0.25) is 10.0 Å². The van der Waals surface area contributed by atoms with Gasteiger partial charge in [-0.25, -0.2) is 8.42 Å². The van der Waals surface area contributed by atoms with E-state index in [1.54, 1.807) is 49.4 Å². The van der Waals surface area contributed by atoms with Crippen LogP contribution in [0.5, 0.6) is 5.75 Å². The number of ether oxygens (including phenoxy) is 2. The first-order valence-corrected chi connectivity index (χ1v) is 14.4. The van der Waals surface area contributed by atoms with Crippen LogP contribution in [0.1, 0.15) is 37.8 Å². The van der Waals surface area contributed by atoms with Crippen LogP contribution < -0.4 is 14.8 Å². The summed E-state index contributed by atoms with van der Waals surface area (Å²) in [6, 6.07) is 12.2. The van der Waals surface area contributed by atoms with Crippen molar-refractivity contribution in [2.24, 2.45) is 5.73 Å². The number of sulfonamides is 1. The molecule has 206 valence electrons. The van der Waals surface area contributed by atoms with Gasteiger partial charge in [0.15, 0.2) is 5.75 Å². The van der Waals surface area contributed by atoms with Gasteiger partial charge in [-0.3, -0.25) is 14.5 Å². The second-order valence-corrected chi connectivity index (χ2v) is 11.5. The van der Waals surface area contributed by atoms with Crippen molar-refractivity contribution in [3.05, 3.63) is 64.7 Å². The molecule has 1 aliphatic rings. The van der Waals surface area contributed by atoms with E-state index in [-0.39, 0.29) is 30.1 Å². The highest BCUT2D eigenvalue weighted by atomic mass is 35.5. The number of amidine groups is 1. The minimum Gasteiger partial charge on any atom is -0.489 e. The number of anilines is 1. The Morgan fingerprint density at radius 3 is 2.71 bits per heavy atom. The average Bonchev–Trinajstić information content (AvgIpc) is 2.85. The number of nitrogens with one attached hydrogen (secondary N) is 1. The van der Waals surface area contributed by atoms with Gasteiger partial charge in [0.25, 0.3) is 0 Å². The molecule has 2 unspecified atom stereocenters. The molecule has 38 heavy (non-hydrogen) atoms. The smallest absolute Gasteiger partial charge is 0.323 e. The maximum absolute atomic E-state index is 13.2. The Labute approximate surface area is 229 Å². The van der Waals surface area contributed by atoms with Crippen LogP contribution in [0.3, 0.4) is 0 Å². The molecule has 1 heterocycles. The normalized spacial score (nSPS) is 18.3. The zero-order valence-corrected chi connectivity index (χ0v) is 23.5. The van der Waals surface area contributed by atoms with Crippen molar-refractivity contribution in [1.29, 1.82) is 5.41 Å². The van der Waals surface area contributed by atoms with Crippen LogP contribution in [-0.2, 0) is 19.6 Å². The summed E-state index contributed by atoms with van der Waals surface area (Å²) in [5, 5.41) is 7.89. The van der Waals surface area contributed by atoms with Crippen LogP contribution in [0.2, 0.25) is 5.02 Å². The predicted molar refractivity (Wildman–Crippen MR) is 151 cm³/mol. The Balaban J connectivity index is 1.85. The van der Waals surface area contributed by atoms with Crippen LogP contribution in [-0.4, -0.2) is 69.8 Å². The number of nitrogens with zero attached hydrogens (tertiary/aromatic N) is 2. The van der Waals surface area contributed by atoms with Gasteiger partial charge in [-0.05, 0) is 63.6 Å². The Kier molecular flexibility index (Phi) is 10.2. The molecule has 0 saturated carbocycles. The SMILES string of the molecule is CCOC(=O)CS(=O)(=O)N(CC=Cc1cccc(C(=N)N)c1)c1ccc(OC2CCN(C)C(C)C2)c(Cl)c1. The van der Waals surface area contributed by atoms with Crippen molar-refractivity contribution >= 4 is 45.2 Å². The van der Waals surface area contributed by atoms with Crippen molar-refractivity contribution in [1.82, 2.24) is 4.90 Å². The molecule has 11 heteroatoms. The van der Waals surface area contributed by atoms with E-state index < -0.39 is 21.7 Å². The number of likely N-dealkylation sites (tertiary alicyclic amines) is 1. The number of piperidine rings is 1. The molecule has 0 radical (unpaired) electrons. The lowest BCUT2D eigenvalue weighted by Crippen LogP contribution is -2.41. The molecule has 0 aliphatic carbocycles. The number of nitrogen functional groups attached to an aromatic ring is 1. The van der Waals surface area contributed by atoms with E-state index in [0.29, 0.717) is 23.0 Å². The third-order valence-electron chi connectivity index (χ3n) is 6.38. The quantitative estimate of drug-likeness (QED) is 0.242. The molecule has 0 amide bonds. The van der Waals surface area contributed by atoms with Gasteiger partial charge < -0.3 is 20.1 Å². The van der Waals surface area contributed by atoms with Crippen molar-refractivity contribution in [2.45, 2.75) is 38.8 Å². The lowest BCUT2D eigenvalue weighted by molar-refractivity contribution is -0.139. The zero-order chi connectivity index (χ0) is 27.9. The molecule has 2 aromatic carbocycles. The molecule has 9 nitrogen and oxygen atoms in total. The van der Waals surface area contributed by atoms with Crippen LogP contribution in [0.25, 0.3) is 6.08 Å². The summed E-state index contributed by atoms with van der Waals surface area (Å²) in [5.41, 5.74) is 7.16. The number of hydrogen-bond acceptors (Lipinski definition) is 7. The molecule has 0 bridgehead atoms. The summed E-state index contributed by atoms with van der Waals surface area (Å²) < 4.78 is 38.6. The summed E-state index contributed by atoms with van der Waals surface area (Å²) in [6.07, 6.45) is 5.13. The zero-order valence-electron chi connectivity index (χ0n) is 21.9. The summed E-state index contributed by atoms with van der Waals surface area (Å²) in [7, 11) is -2.01. The topological polar surface area (TPSA) is 126 Å². The fraction of sp³-hybridized carbons (Fsp3) is 0.407. The lowest BCUT2D eigenvalue weighted by Gasteiger charge is -2.35. The molecular weight excluding hydrogens is 528 g/mol. The number of carbonyl (C=O) groups excluding carboxylic acids is 1.